The maximum absolute atomic E-state index is 13.3. The van der Waals surface area contributed by atoms with Crippen molar-refractivity contribution in [1.82, 2.24) is 15.5 Å². The molecule has 1 amide bonds. The summed E-state index contributed by atoms with van der Waals surface area (Å²) in [7, 11) is 0. The van der Waals surface area contributed by atoms with Crippen LogP contribution in [0.4, 0.5) is 4.39 Å². The van der Waals surface area contributed by atoms with E-state index in [1.165, 1.54) is 30.3 Å². The fraction of sp³-hybridized carbons (Fsp3) is 0.130. The van der Waals surface area contributed by atoms with Crippen molar-refractivity contribution in [3.63, 3.8) is 0 Å². The van der Waals surface area contributed by atoms with Crippen molar-refractivity contribution in [2.75, 3.05) is 6.61 Å². The molecule has 1 N–H and O–H groups in total. The first-order valence-corrected chi connectivity index (χ1v) is 10.0. The molecule has 0 aliphatic heterocycles. The number of nitrogens with one attached hydrogen (secondary N) is 1. The van der Waals surface area contributed by atoms with E-state index in [1.807, 2.05) is 6.07 Å². The molecule has 9 heteroatoms. The summed E-state index contributed by atoms with van der Waals surface area (Å²) in [6.07, 6.45) is 0. The van der Waals surface area contributed by atoms with Gasteiger partial charge in [0.15, 0.2) is 6.61 Å². The van der Waals surface area contributed by atoms with Crippen LogP contribution >= 0.6 is 11.6 Å². The van der Waals surface area contributed by atoms with Gasteiger partial charge in [0, 0.05) is 17.1 Å². The van der Waals surface area contributed by atoms with Gasteiger partial charge < -0.3 is 14.6 Å². The summed E-state index contributed by atoms with van der Waals surface area (Å²) >= 11 is 6.07. The minimum atomic E-state index is -0.736. The van der Waals surface area contributed by atoms with Crippen LogP contribution in [-0.4, -0.2) is 28.6 Å². The van der Waals surface area contributed by atoms with Crippen molar-refractivity contribution in [1.29, 1.82) is 0 Å². The van der Waals surface area contributed by atoms with Crippen LogP contribution in [0.2, 0.25) is 5.02 Å². The number of carbonyl (C=O) groups excluding carboxylic acids is 2. The van der Waals surface area contributed by atoms with E-state index in [0.29, 0.717) is 27.4 Å². The van der Waals surface area contributed by atoms with Crippen LogP contribution in [0.25, 0.3) is 22.4 Å². The fourth-order valence-corrected chi connectivity index (χ4v) is 3.32. The van der Waals surface area contributed by atoms with Gasteiger partial charge in [0.2, 0.25) is 0 Å². The minimum Gasteiger partial charge on any atom is -0.452 e. The van der Waals surface area contributed by atoms with Crippen molar-refractivity contribution in [3.05, 3.63) is 82.3 Å². The smallest absolute Gasteiger partial charge is 0.339 e. The number of carbonyl (C=O) groups is 2. The number of aromatic nitrogens is 2. The van der Waals surface area contributed by atoms with E-state index < -0.39 is 24.3 Å². The van der Waals surface area contributed by atoms with Crippen LogP contribution in [-0.2, 0) is 16.1 Å². The van der Waals surface area contributed by atoms with Gasteiger partial charge in [-0.05, 0) is 48.9 Å². The van der Waals surface area contributed by atoms with E-state index in [-0.39, 0.29) is 17.8 Å². The van der Waals surface area contributed by atoms with Crippen molar-refractivity contribution in [2.24, 2.45) is 0 Å². The van der Waals surface area contributed by atoms with Gasteiger partial charge in [0.25, 0.3) is 11.6 Å². The van der Waals surface area contributed by atoms with Gasteiger partial charge >= 0.3 is 5.97 Å². The van der Waals surface area contributed by atoms with Gasteiger partial charge in [-0.3, -0.25) is 4.79 Å². The van der Waals surface area contributed by atoms with Gasteiger partial charge in [-0.15, -0.1) is 0 Å². The van der Waals surface area contributed by atoms with Crippen LogP contribution in [0.15, 0.2) is 59.1 Å². The number of esters is 1. The maximum atomic E-state index is 13.3. The second-order valence-corrected chi connectivity index (χ2v) is 7.36. The Hall–Kier alpha value is -3.78. The molecule has 2 aromatic heterocycles. The highest BCUT2D eigenvalue weighted by Crippen LogP contribution is 2.27. The van der Waals surface area contributed by atoms with E-state index in [2.05, 4.69) is 15.5 Å². The lowest BCUT2D eigenvalue weighted by atomic mass is 10.1. The summed E-state index contributed by atoms with van der Waals surface area (Å²) < 4.78 is 23.7. The van der Waals surface area contributed by atoms with Crippen molar-refractivity contribution < 1.29 is 23.2 Å². The molecule has 0 atom stereocenters. The molecule has 0 saturated heterocycles. The topological polar surface area (TPSA) is 94.3 Å². The molecule has 0 fully saturated rings. The fourth-order valence-electron chi connectivity index (χ4n) is 3.12. The molecule has 0 saturated carbocycles. The van der Waals surface area contributed by atoms with Crippen LogP contribution in [0.5, 0.6) is 0 Å². The Bertz CT molecular complexity index is 1300. The second-order valence-electron chi connectivity index (χ2n) is 6.95. The molecule has 0 unspecified atom stereocenters. The first-order chi connectivity index (χ1) is 15.4. The lowest BCUT2D eigenvalue weighted by Gasteiger charge is -2.09. The lowest BCUT2D eigenvalue weighted by molar-refractivity contribution is -0.124. The zero-order chi connectivity index (χ0) is 22.7. The number of ether oxygens (including phenoxy) is 1. The number of benzene rings is 2. The molecular weight excluding hydrogens is 437 g/mol. The highest BCUT2D eigenvalue weighted by atomic mass is 35.5. The van der Waals surface area contributed by atoms with Crippen molar-refractivity contribution >= 4 is 34.6 Å². The number of hydrogen-bond acceptors (Lipinski definition) is 6. The number of rotatable bonds is 6. The molecule has 0 bridgehead atoms. The Labute approximate surface area is 187 Å². The zero-order valence-corrected chi connectivity index (χ0v) is 17.6. The Morgan fingerprint density at radius 3 is 2.66 bits per heavy atom. The van der Waals surface area contributed by atoms with Gasteiger partial charge in [-0.2, -0.15) is 0 Å². The third kappa shape index (κ3) is 4.60. The molecule has 0 aliphatic carbocycles. The summed E-state index contributed by atoms with van der Waals surface area (Å²) in [4.78, 5) is 29.3. The van der Waals surface area contributed by atoms with Crippen LogP contribution in [0, 0.1) is 12.7 Å². The molecule has 2 heterocycles. The average Bonchev–Trinajstić information content (AvgIpc) is 3.17. The number of nitrogens with zero attached hydrogens (tertiary/aromatic N) is 2. The molecule has 2 aromatic carbocycles. The lowest BCUT2D eigenvalue weighted by Crippen LogP contribution is -2.28. The molecule has 4 rings (SSSR count). The molecule has 0 spiro atoms. The minimum absolute atomic E-state index is 0.138. The van der Waals surface area contributed by atoms with E-state index in [1.54, 1.807) is 25.1 Å². The summed E-state index contributed by atoms with van der Waals surface area (Å²) in [5, 5.41) is 7.42. The van der Waals surface area contributed by atoms with Gasteiger partial charge in [-0.1, -0.05) is 35.0 Å². The molecule has 162 valence electrons. The first-order valence-electron chi connectivity index (χ1n) is 9.62. The number of halogens is 2. The van der Waals surface area contributed by atoms with Gasteiger partial charge in [0.05, 0.1) is 22.3 Å². The Morgan fingerprint density at radius 1 is 1.16 bits per heavy atom. The molecular formula is C23H17ClFN3O4. The summed E-state index contributed by atoms with van der Waals surface area (Å²) in [6.45, 7) is 1.39. The molecule has 7 nitrogen and oxygen atoms in total. The predicted molar refractivity (Wildman–Crippen MR) is 116 cm³/mol. The highest BCUT2D eigenvalue weighted by Gasteiger charge is 2.21. The molecule has 0 radical (unpaired) electrons. The Balaban J connectivity index is 1.51. The third-order valence-electron chi connectivity index (χ3n) is 4.75. The normalized spacial score (nSPS) is 10.8. The number of amides is 1. The predicted octanol–water partition coefficient (Wildman–Crippen LogP) is 4.46. The van der Waals surface area contributed by atoms with Crippen LogP contribution < -0.4 is 5.32 Å². The summed E-state index contributed by atoms with van der Waals surface area (Å²) in [6, 6.07) is 14.2. The van der Waals surface area contributed by atoms with E-state index in [0.717, 1.165) is 5.56 Å². The summed E-state index contributed by atoms with van der Waals surface area (Å²) in [5.74, 6) is -1.61. The standard InChI is InChI=1S/C23H17ClFN3O4/c1-13-21-17(10-19(27-22(21)32-28-13)14-6-8-16(25)9-7-14)23(30)31-12-20(29)26-11-15-4-2-3-5-18(15)24/h2-10H,11-12H2,1H3,(H,26,29). The van der Waals surface area contributed by atoms with Gasteiger partial charge in [0.1, 0.15) is 5.82 Å². The zero-order valence-electron chi connectivity index (χ0n) is 16.9. The number of pyridine rings is 1. The average molecular weight is 454 g/mol. The van der Waals surface area contributed by atoms with Crippen molar-refractivity contribution in [3.8, 4) is 11.3 Å². The highest BCUT2D eigenvalue weighted by molar-refractivity contribution is 6.31. The largest absolute Gasteiger partial charge is 0.452 e. The first kappa shape index (κ1) is 21.5. The molecule has 4 aromatic rings. The number of hydrogen-bond donors (Lipinski definition) is 1. The second kappa shape index (κ2) is 9.15. The van der Waals surface area contributed by atoms with Crippen molar-refractivity contribution in [2.45, 2.75) is 13.5 Å². The summed E-state index contributed by atoms with van der Waals surface area (Å²) in [5.41, 5.74) is 2.44. The van der Waals surface area contributed by atoms with E-state index >= 15 is 0 Å². The quantitative estimate of drug-likeness (QED) is 0.433. The Kier molecular flexibility index (Phi) is 6.13. The van der Waals surface area contributed by atoms with Crippen LogP contribution in [0.1, 0.15) is 21.6 Å². The molecule has 32 heavy (non-hydrogen) atoms. The van der Waals surface area contributed by atoms with Gasteiger partial charge in [-0.25, -0.2) is 14.2 Å². The monoisotopic (exact) mass is 453 g/mol. The third-order valence-corrected chi connectivity index (χ3v) is 5.11. The van der Waals surface area contributed by atoms with Crippen LogP contribution in [0.3, 0.4) is 0 Å². The maximum Gasteiger partial charge on any atom is 0.339 e. The Morgan fingerprint density at radius 2 is 1.91 bits per heavy atom. The van der Waals surface area contributed by atoms with E-state index in [4.69, 9.17) is 20.9 Å². The SMILES string of the molecule is Cc1noc2nc(-c3ccc(F)cc3)cc(C(=O)OCC(=O)NCc3ccccc3Cl)c12. The number of aryl methyl sites for hydroxylation is 1. The molecule has 0 aliphatic rings. The number of fused-ring (bicyclic) bond motifs is 1. The van der Waals surface area contributed by atoms with E-state index in [9.17, 15) is 14.0 Å².